The van der Waals surface area contributed by atoms with Gasteiger partial charge in [0.25, 0.3) is 5.56 Å². The van der Waals surface area contributed by atoms with E-state index in [2.05, 4.69) is 0 Å². The number of aromatic nitrogens is 1. The second kappa shape index (κ2) is 6.60. The maximum atomic E-state index is 11.7. The highest BCUT2D eigenvalue weighted by Gasteiger charge is 2.08. The van der Waals surface area contributed by atoms with E-state index in [0.29, 0.717) is 25.1 Å². The topological polar surface area (TPSA) is 66.1 Å². The minimum Gasteiger partial charge on any atom is -0.345 e. The van der Waals surface area contributed by atoms with E-state index >= 15 is 0 Å². The molecule has 0 saturated carbocycles. The number of hydrogen-bond donors (Lipinski definition) is 0. The zero-order valence-electron chi connectivity index (χ0n) is 10.7. The molecule has 1 heterocycles. The Hall–Kier alpha value is -2.09. The van der Waals surface area contributed by atoms with E-state index in [4.69, 9.17) is 5.26 Å². The Kier molecular flexibility index (Phi) is 5.12. The first kappa shape index (κ1) is 14.0. The summed E-state index contributed by atoms with van der Waals surface area (Å²) < 4.78 is 1.53. The fourth-order valence-corrected chi connectivity index (χ4v) is 1.58. The van der Waals surface area contributed by atoms with Crippen LogP contribution in [0.2, 0.25) is 0 Å². The molecule has 1 amide bonds. The highest BCUT2D eigenvalue weighted by Crippen LogP contribution is 1.96. The van der Waals surface area contributed by atoms with Crippen molar-refractivity contribution in [1.29, 1.82) is 5.26 Å². The lowest BCUT2D eigenvalue weighted by molar-refractivity contribution is -0.130. The average molecular weight is 247 g/mol. The molecular weight excluding hydrogens is 230 g/mol. The molecule has 1 aromatic heterocycles. The van der Waals surface area contributed by atoms with Crippen LogP contribution in [0.5, 0.6) is 0 Å². The van der Waals surface area contributed by atoms with Crippen molar-refractivity contribution in [3.8, 4) is 6.07 Å². The number of pyridine rings is 1. The molecule has 0 aliphatic rings. The molecule has 1 rings (SSSR count). The van der Waals surface area contributed by atoms with E-state index in [1.165, 1.54) is 9.47 Å². The molecule has 1 aromatic rings. The van der Waals surface area contributed by atoms with E-state index in [1.54, 1.807) is 32.3 Å². The summed E-state index contributed by atoms with van der Waals surface area (Å²) in [7, 11) is 1.67. The van der Waals surface area contributed by atoms with Crippen molar-refractivity contribution in [2.45, 2.75) is 26.3 Å². The van der Waals surface area contributed by atoms with Crippen LogP contribution in [0.4, 0.5) is 0 Å². The van der Waals surface area contributed by atoms with Crippen molar-refractivity contribution < 1.29 is 4.79 Å². The van der Waals surface area contributed by atoms with Gasteiger partial charge in [-0.3, -0.25) is 9.59 Å². The second-order valence-electron chi connectivity index (χ2n) is 4.16. The van der Waals surface area contributed by atoms with Gasteiger partial charge in [-0.05, 0) is 13.0 Å². The summed E-state index contributed by atoms with van der Waals surface area (Å²) in [4.78, 5) is 25.0. The van der Waals surface area contributed by atoms with Gasteiger partial charge in [0.1, 0.15) is 0 Å². The molecule has 0 radical (unpaired) electrons. The lowest BCUT2D eigenvalue weighted by atomic mass is 10.3. The molecule has 0 fully saturated rings. The SMILES string of the molecule is Cc1cccn(CCC(=O)N(C)CCC#N)c1=O. The van der Waals surface area contributed by atoms with Gasteiger partial charge in [-0.2, -0.15) is 5.26 Å². The first-order valence-electron chi connectivity index (χ1n) is 5.83. The van der Waals surface area contributed by atoms with E-state index in [1.807, 2.05) is 6.07 Å². The lowest BCUT2D eigenvalue weighted by Gasteiger charge is -2.15. The van der Waals surface area contributed by atoms with E-state index in [9.17, 15) is 9.59 Å². The summed E-state index contributed by atoms with van der Waals surface area (Å²) in [5.74, 6) is -0.0568. The van der Waals surface area contributed by atoms with Crippen LogP contribution in [0.25, 0.3) is 0 Å². The predicted molar refractivity (Wildman–Crippen MR) is 67.9 cm³/mol. The monoisotopic (exact) mass is 247 g/mol. The van der Waals surface area contributed by atoms with Gasteiger partial charge in [0.15, 0.2) is 0 Å². The predicted octanol–water partition coefficient (Wildman–Crippen LogP) is 0.919. The largest absolute Gasteiger partial charge is 0.345 e. The molecule has 0 aromatic carbocycles. The van der Waals surface area contributed by atoms with Crippen LogP contribution in [-0.4, -0.2) is 29.0 Å². The fraction of sp³-hybridized carbons (Fsp3) is 0.462. The first-order chi connectivity index (χ1) is 8.56. The quantitative estimate of drug-likeness (QED) is 0.777. The van der Waals surface area contributed by atoms with Gasteiger partial charge >= 0.3 is 0 Å². The molecule has 0 bridgehead atoms. The number of aryl methyl sites for hydroxylation is 2. The Bertz CT molecular complexity index is 514. The maximum Gasteiger partial charge on any atom is 0.253 e. The number of carbonyl (C=O) groups is 1. The molecule has 96 valence electrons. The highest BCUT2D eigenvalue weighted by molar-refractivity contribution is 5.75. The zero-order valence-corrected chi connectivity index (χ0v) is 10.7. The van der Waals surface area contributed by atoms with Gasteiger partial charge in [-0.15, -0.1) is 0 Å². The summed E-state index contributed by atoms with van der Waals surface area (Å²) in [5, 5.41) is 8.44. The standard InChI is InChI=1S/C13H17N3O2/c1-11-5-3-9-16(13(11)18)10-6-12(17)15(2)8-4-7-14/h3,5,9H,4,6,8,10H2,1-2H3. The van der Waals surface area contributed by atoms with Crippen LogP contribution in [0.1, 0.15) is 18.4 Å². The van der Waals surface area contributed by atoms with Crippen LogP contribution in [0.15, 0.2) is 23.1 Å². The smallest absolute Gasteiger partial charge is 0.253 e. The van der Waals surface area contributed by atoms with Crippen LogP contribution < -0.4 is 5.56 Å². The number of nitrogens with zero attached hydrogens (tertiary/aromatic N) is 3. The Morgan fingerprint density at radius 2 is 2.28 bits per heavy atom. The first-order valence-corrected chi connectivity index (χ1v) is 5.83. The third kappa shape index (κ3) is 3.74. The number of amides is 1. The Balaban J connectivity index is 2.55. The third-order valence-electron chi connectivity index (χ3n) is 2.76. The van der Waals surface area contributed by atoms with Crippen molar-refractivity contribution in [3.05, 3.63) is 34.2 Å². The van der Waals surface area contributed by atoms with E-state index < -0.39 is 0 Å². The Morgan fingerprint density at radius 3 is 2.94 bits per heavy atom. The van der Waals surface area contributed by atoms with Gasteiger partial charge in [-0.25, -0.2) is 0 Å². The Labute approximate surface area is 106 Å². The summed E-state index contributed by atoms with van der Waals surface area (Å²) in [6.07, 6.45) is 2.27. The number of nitriles is 1. The van der Waals surface area contributed by atoms with Gasteiger partial charge < -0.3 is 9.47 Å². The van der Waals surface area contributed by atoms with Gasteiger partial charge in [0.05, 0.1) is 12.5 Å². The van der Waals surface area contributed by atoms with Crippen molar-refractivity contribution in [3.63, 3.8) is 0 Å². The molecular formula is C13H17N3O2. The summed E-state index contributed by atoms with van der Waals surface area (Å²) >= 11 is 0. The molecule has 0 aliphatic heterocycles. The summed E-state index contributed by atoms with van der Waals surface area (Å²) in [5.41, 5.74) is 0.604. The number of rotatable bonds is 5. The second-order valence-corrected chi connectivity index (χ2v) is 4.16. The van der Waals surface area contributed by atoms with Gasteiger partial charge in [0.2, 0.25) is 5.91 Å². The highest BCUT2D eigenvalue weighted by atomic mass is 16.2. The molecule has 0 saturated heterocycles. The normalized spacial score (nSPS) is 9.83. The van der Waals surface area contributed by atoms with Crippen molar-refractivity contribution >= 4 is 5.91 Å². The fourth-order valence-electron chi connectivity index (χ4n) is 1.58. The molecule has 18 heavy (non-hydrogen) atoms. The molecule has 0 atom stereocenters. The van der Waals surface area contributed by atoms with E-state index in [0.717, 1.165) is 0 Å². The molecule has 5 nitrogen and oxygen atoms in total. The number of carbonyl (C=O) groups excluding carboxylic acids is 1. The van der Waals surface area contributed by atoms with Gasteiger partial charge in [0, 0.05) is 38.3 Å². The molecule has 0 N–H and O–H groups in total. The minimum absolute atomic E-state index is 0.0568. The minimum atomic E-state index is -0.0648. The van der Waals surface area contributed by atoms with Gasteiger partial charge in [-0.1, -0.05) is 6.07 Å². The van der Waals surface area contributed by atoms with E-state index in [-0.39, 0.29) is 17.9 Å². The van der Waals surface area contributed by atoms with Crippen molar-refractivity contribution in [1.82, 2.24) is 9.47 Å². The summed E-state index contributed by atoms with van der Waals surface area (Å²) in [6.45, 7) is 2.55. The maximum absolute atomic E-state index is 11.7. The molecule has 5 heteroatoms. The molecule has 0 spiro atoms. The van der Waals surface area contributed by atoms with Crippen LogP contribution >= 0.6 is 0 Å². The van der Waals surface area contributed by atoms with Crippen LogP contribution in [0, 0.1) is 18.3 Å². The van der Waals surface area contributed by atoms with Crippen molar-refractivity contribution in [2.24, 2.45) is 0 Å². The van der Waals surface area contributed by atoms with Crippen molar-refractivity contribution in [2.75, 3.05) is 13.6 Å². The Morgan fingerprint density at radius 1 is 1.56 bits per heavy atom. The van der Waals surface area contributed by atoms with Crippen LogP contribution in [-0.2, 0) is 11.3 Å². The summed E-state index contributed by atoms with van der Waals surface area (Å²) in [6, 6.07) is 5.54. The zero-order chi connectivity index (χ0) is 13.5. The third-order valence-corrected chi connectivity index (χ3v) is 2.76. The molecule has 0 unspecified atom stereocenters. The number of hydrogen-bond acceptors (Lipinski definition) is 3. The lowest BCUT2D eigenvalue weighted by Crippen LogP contribution is -2.30. The molecule has 0 aliphatic carbocycles. The van der Waals surface area contributed by atoms with Crippen LogP contribution in [0.3, 0.4) is 0 Å². The average Bonchev–Trinajstić information content (AvgIpc) is 2.37.